The highest BCUT2D eigenvalue weighted by Crippen LogP contribution is 2.38. The second-order valence-corrected chi connectivity index (χ2v) is 6.83. The molecule has 3 nitrogen and oxygen atoms in total. The van der Waals surface area contributed by atoms with Crippen molar-refractivity contribution >= 4 is 17.7 Å². The quantitative estimate of drug-likeness (QED) is 0.785. The van der Waals surface area contributed by atoms with E-state index >= 15 is 0 Å². The van der Waals surface area contributed by atoms with Gasteiger partial charge in [-0.1, -0.05) is 12.8 Å². The molecule has 2 rings (SSSR count). The molecular weight excluding hydrogens is 234 g/mol. The number of nitrogens with two attached hydrogens (primary N) is 1. The van der Waals surface area contributed by atoms with Crippen molar-refractivity contribution in [2.75, 3.05) is 12.9 Å². The summed E-state index contributed by atoms with van der Waals surface area (Å²) in [5.41, 5.74) is 5.39. The smallest absolute Gasteiger partial charge is 0.325 e. The minimum atomic E-state index is -0.706. The van der Waals surface area contributed by atoms with Crippen molar-refractivity contribution in [1.29, 1.82) is 0 Å². The number of carbonyl (C=O) groups excluding carboxylic acids is 1. The second kappa shape index (κ2) is 5.61. The van der Waals surface area contributed by atoms with Crippen LogP contribution >= 0.6 is 11.8 Å². The summed E-state index contributed by atoms with van der Waals surface area (Å²) in [6, 6.07) is 0. The Morgan fingerprint density at radius 1 is 1.41 bits per heavy atom. The van der Waals surface area contributed by atoms with Crippen molar-refractivity contribution in [3.63, 3.8) is 0 Å². The molecule has 98 valence electrons. The maximum absolute atomic E-state index is 11.6. The molecule has 2 atom stereocenters. The van der Waals surface area contributed by atoms with E-state index in [1.807, 2.05) is 11.8 Å². The van der Waals surface area contributed by atoms with Crippen molar-refractivity contribution in [3.05, 3.63) is 0 Å². The van der Waals surface area contributed by atoms with Gasteiger partial charge in [-0.25, -0.2) is 0 Å². The predicted molar refractivity (Wildman–Crippen MR) is 71.0 cm³/mol. The average molecular weight is 257 g/mol. The third kappa shape index (κ3) is 3.16. The Morgan fingerprint density at radius 3 is 2.76 bits per heavy atom. The zero-order valence-electron chi connectivity index (χ0n) is 10.6. The molecule has 0 aliphatic heterocycles. The van der Waals surface area contributed by atoms with Gasteiger partial charge in [0.1, 0.15) is 5.54 Å². The lowest BCUT2D eigenvalue weighted by molar-refractivity contribution is -0.146. The van der Waals surface area contributed by atoms with Gasteiger partial charge in [0, 0.05) is 5.25 Å². The number of methoxy groups -OCH3 is 1. The summed E-state index contributed by atoms with van der Waals surface area (Å²) in [6.07, 6.45) is 8.22. The van der Waals surface area contributed by atoms with Gasteiger partial charge in [0.25, 0.3) is 0 Å². The molecule has 0 radical (unpaired) electrons. The van der Waals surface area contributed by atoms with E-state index in [4.69, 9.17) is 10.5 Å². The lowest BCUT2D eigenvalue weighted by Crippen LogP contribution is -2.46. The topological polar surface area (TPSA) is 52.3 Å². The fourth-order valence-corrected chi connectivity index (χ4v) is 4.59. The SMILES string of the molecule is COC(=O)C1(N)CCC(SCC2CCCC2)C1. The Balaban J connectivity index is 1.75. The van der Waals surface area contributed by atoms with E-state index in [0.29, 0.717) is 5.25 Å². The van der Waals surface area contributed by atoms with Crippen LogP contribution < -0.4 is 5.73 Å². The van der Waals surface area contributed by atoms with Crippen molar-refractivity contribution < 1.29 is 9.53 Å². The molecule has 0 bridgehead atoms. The number of esters is 1. The van der Waals surface area contributed by atoms with Gasteiger partial charge in [-0.15, -0.1) is 0 Å². The molecule has 2 aliphatic rings. The standard InChI is InChI=1S/C13H23NO2S/c1-16-12(15)13(14)7-6-11(8-13)17-9-10-4-2-3-5-10/h10-11H,2-9,14H2,1H3. The fraction of sp³-hybridized carbons (Fsp3) is 0.923. The van der Waals surface area contributed by atoms with Crippen LogP contribution in [0.5, 0.6) is 0 Å². The maximum atomic E-state index is 11.6. The molecule has 2 aliphatic carbocycles. The first-order valence-electron chi connectivity index (χ1n) is 6.63. The number of rotatable bonds is 4. The molecule has 4 heteroatoms. The van der Waals surface area contributed by atoms with Crippen LogP contribution in [-0.4, -0.2) is 29.6 Å². The van der Waals surface area contributed by atoms with Crippen molar-refractivity contribution in [2.45, 2.75) is 55.7 Å². The third-order valence-electron chi connectivity index (χ3n) is 4.14. The van der Waals surface area contributed by atoms with Gasteiger partial charge in [0.2, 0.25) is 0 Å². The molecule has 2 fully saturated rings. The Kier molecular flexibility index (Phi) is 4.36. The van der Waals surface area contributed by atoms with Gasteiger partial charge in [-0.3, -0.25) is 4.79 Å². The highest BCUT2D eigenvalue weighted by molar-refractivity contribution is 7.99. The number of hydrogen-bond acceptors (Lipinski definition) is 4. The first-order valence-corrected chi connectivity index (χ1v) is 7.68. The molecule has 0 amide bonds. The number of ether oxygens (including phenoxy) is 1. The Morgan fingerprint density at radius 2 is 2.12 bits per heavy atom. The van der Waals surface area contributed by atoms with Gasteiger partial charge in [0.05, 0.1) is 7.11 Å². The molecule has 0 aromatic rings. The molecule has 0 spiro atoms. The molecule has 2 saturated carbocycles. The average Bonchev–Trinajstić information content (AvgIpc) is 2.95. The summed E-state index contributed by atoms with van der Waals surface area (Å²) in [5, 5.41) is 0.555. The van der Waals surface area contributed by atoms with Crippen LogP contribution in [0.2, 0.25) is 0 Å². The van der Waals surface area contributed by atoms with Crippen molar-refractivity contribution in [3.8, 4) is 0 Å². The van der Waals surface area contributed by atoms with Crippen LogP contribution in [0.15, 0.2) is 0 Å². The normalized spacial score (nSPS) is 34.1. The van der Waals surface area contributed by atoms with E-state index in [-0.39, 0.29) is 5.97 Å². The van der Waals surface area contributed by atoms with Crippen LogP contribution in [0.1, 0.15) is 44.9 Å². The van der Waals surface area contributed by atoms with E-state index in [2.05, 4.69) is 0 Å². The van der Waals surface area contributed by atoms with Gasteiger partial charge >= 0.3 is 5.97 Å². The van der Waals surface area contributed by atoms with E-state index in [1.165, 1.54) is 38.5 Å². The number of thioether (sulfide) groups is 1. The van der Waals surface area contributed by atoms with Crippen LogP contribution in [0, 0.1) is 5.92 Å². The van der Waals surface area contributed by atoms with Gasteiger partial charge in [-0.05, 0) is 43.8 Å². The largest absolute Gasteiger partial charge is 0.468 e. The number of carbonyl (C=O) groups is 1. The minimum absolute atomic E-state index is 0.235. The Labute approximate surface area is 108 Å². The maximum Gasteiger partial charge on any atom is 0.325 e. The zero-order valence-corrected chi connectivity index (χ0v) is 11.4. The summed E-state index contributed by atoms with van der Waals surface area (Å²) < 4.78 is 4.79. The molecule has 0 saturated heterocycles. The van der Waals surface area contributed by atoms with E-state index in [1.54, 1.807) is 0 Å². The highest BCUT2D eigenvalue weighted by atomic mass is 32.2. The molecule has 0 heterocycles. The summed E-state index contributed by atoms with van der Waals surface area (Å²) in [7, 11) is 1.43. The molecule has 0 aromatic heterocycles. The summed E-state index contributed by atoms with van der Waals surface area (Å²) in [5.74, 6) is 1.93. The highest BCUT2D eigenvalue weighted by Gasteiger charge is 2.43. The van der Waals surface area contributed by atoms with Crippen LogP contribution in [0.25, 0.3) is 0 Å². The van der Waals surface area contributed by atoms with Gasteiger partial charge in [0.15, 0.2) is 0 Å². The Bertz CT molecular complexity index is 279. The monoisotopic (exact) mass is 257 g/mol. The summed E-state index contributed by atoms with van der Waals surface area (Å²) >= 11 is 2.02. The lowest BCUT2D eigenvalue weighted by atomic mass is 10.00. The van der Waals surface area contributed by atoms with E-state index < -0.39 is 5.54 Å². The molecule has 2 unspecified atom stereocenters. The second-order valence-electron chi connectivity index (χ2n) is 5.50. The van der Waals surface area contributed by atoms with Crippen molar-refractivity contribution in [1.82, 2.24) is 0 Å². The third-order valence-corrected chi connectivity index (χ3v) is 5.68. The molecule has 17 heavy (non-hydrogen) atoms. The molecule has 2 N–H and O–H groups in total. The fourth-order valence-electron chi connectivity index (χ4n) is 3.01. The summed E-state index contributed by atoms with van der Waals surface area (Å²) in [4.78, 5) is 11.6. The van der Waals surface area contributed by atoms with Crippen molar-refractivity contribution in [2.24, 2.45) is 11.7 Å². The van der Waals surface area contributed by atoms with Gasteiger partial charge < -0.3 is 10.5 Å². The lowest BCUT2D eigenvalue weighted by Gasteiger charge is -2.20. The van der Waals surface area contributed by atoms with Gasteiger partial charge in [-0.2, -0.15) is 11.8 Å². The zero-order chi connectivity index (χ0) is 12.3. The van der Waals surface area contributed by atoms with E-state index in [9.17, 15) is 4.79 Å². The Hall–Kier alpha value is -0.220. The number of hydrogen-bond donors (Lipinski definition) is 1. The molecule has 0 aromatic carbocycles. The summed E-state index contributed by atoms with van der Waals surface area (Å²) in [6.45, 7) is 0. The first kappa shape index (κ1) is 13.2. The molecular formula is C13H23NO2S. The predicted octanol–water partition coefficient (Wildman–Crippen LogP) is 2.33. The minimum Gasteiger partial charge on any atom is -0.468 e. The van der Waals surface area contributed by atoms with E-state index in [0.717, 1.165) is 25.2 Å². The van der Waals surface area contributed by atoms with Crippen LogP contribution in [0.4, 0.5) is 0 Å². The van der Waals surface area contributed by atoms with Crippen LogP contribution in [-0.2, 0) is 9.53 Å². The van der Waals surface area contributed by atoms with Crippen LogP contribution in [0.3, 0.4) is 0 Å². The first-order chi connectivity index (χ1) is 8.14.